The van der Waals surface area contributed by atoms with E-state index in [1.54, 1.807) is 0 Å². The van der Waals surface area contributed by atoms with E-state index in [1.165, 1.54) is 64.5 Å². The lowest BCUT2D eigenvalue weighted by molar-refractivity contribution is 1.16. The predicted molar refractivity (Wildman–Crippen MR) is 136 cm³/mol. The Morgan fingerprint density at radius 2 is 1.26 bits per heavy atom. The molecule has 0 saturated carbocycles. The number of rotatable bonds is 3. The van der Waals surface area contributed by atoms with Gasteiger partial charge in [0.15, 0.2) is 0 Å². The molecule has 0 amide bonds. The van der Waals surface area contributed by atoms with Crippen LogP contribution in [-0.4, -0.2) is 19.2 Å². The molecule has 8 heteroatoms. The molecule has 0 unspecified atom stereocenters. The first kappa shape index (κ1) is 19.4. The van der Waals surface area contributed by atoms with Crippen molar-refractivity contribution in [1.82, 2.24) is 19.2 Å². The molecule has 0 saturated heterocycles. The van der Waals surface area contributed by atoms with Gasteiger partial charge in [-0.05, 0) is 85.6 Å². The van der Waals surface area contributed by atoms with E-state index < -0.39 is 0 Å². The van der Waals surface area contributed by atoms with E-state index in [2.05, 4.69) is 71.1 Å². The Labute approximate surface area is 195 Å². The van der Waals surface area contributed by atoms with Gasteiger partial charge >= 0.3 is 0 Å². The SMILES string of the molecule is CCc1sc(-c2cc3c(cc(-c4cc(C)c(C)s4)c4nnsc43)c3snnc23)cc1C. The average Bonchev–Trinajstić information content (AvgIpc) is 3.53. The van der Waals surface area contributed by atoms with E-state index >= 15 is 0 Å². The zero-order chi connectivity index (χ0) is 21.3. The first-order valence-corrected chi connectivity index (χ1v) is 13.2. The van der Waals surface area contributed by atoms with Crippen molar-refractivity contribution in [3.05, 3.63) is 45.1 Å². The second-order valence-corrected chi connectivity index (χ2v) is 11.7. The van der Waals surface area contributed by atoms with Crippen molar-refractivity contribution in [1.29, 1.82) is 0 Å². The van der Waals surface area contributed by atoms with Gasteiger partial charge in [-0.1, -0.05) is 15.9 Å². The van der Waals surface area contributed by atoms with Crippen LogP contribution in [0.25, 0.3) is 52.1 Å². The van der Waals surface area contributed by atoms with Crippen molar-refractivity contribution < 1.29 is 0 Å². The molecule has 4 heterocycles. The molecule has 6 rings (SSSR count). The number of aromatic nitrogens is 4. The third-order valence-corrected chi connectivity index (χ3v) is 10.0. The quantitative estimate of drug-likeness (QED) is 0.260. The summed E-state index contributed by atoms with van der Waals surface area (Å²) >= 11 is 6.63. The number of benzene rings is 2. The lowest BCUT2D eigenvalue weighted by atomic mass is 10.00. The largest absolute Gasteiger partial charge is 0.140 e. The molecule has 6 aromatic rings. The second kappa shape index (κ2) is 7.13. The summed E-state index contributed by atoms with van der Waals surface area (Å²) in [5, 5.41) is 11.5. The van der Waals surface area contributed by atoms with Crippen molar-refractivity contribution in [3.8, 4) is 20.9 Å². The molecule has 0 aliphatic carbocycles. The molecule has 2 aromatic carbocycles. The Kier molecular flexibility index (Phi) is 4.47. The van der Waals surface area contributed by atoms with Crippen LogP contribution in [0, 0.1) is 20.8 Å². The molecule has 0 spiro atoms. The van der Waals surface area contributed by atoms with Crippen LogP contribution in [-0.2, 0) is 6.42 Å². The van der Waals surface area contributed by atoms with Gasteiger partial charge < -0.3 is 0 Å². The zero-order valence-corrected chi connectivity index (χ0v) is 20.7. The summed E-state index contributed by atoms with van der Waals surface area (Å²) in [6.07, 6.45) is 1.05. The van der Waals surface area contributed by atoms with Crippen molar-refractivity contribution in [2.45, 2.75) is 34.1 Å². The molecule has 154 valence electrons. The fraction of sp³-hybridized carbons (Fsp3) is 0.217. The molecule has 4 nitrogen and oxygen atoms in total. The van der Waals surface area contributed by atoms with Crippen molar-refractivity contribution in [2.24, 2.45) is 0 Å². The van der Waals surface area contributed by atoms with Crippen LogP contribution in [0.15, 0.2) is 24.3 Å². The normalized spacial score (nSPS) is 12.0. The highest BCUT2D eigenvalue weighted by Gasteiger charge is 2.20. The number of thiophene rings is 2. The average molecular weight is 479 g/mol. The molecular formula is C23H18N4S4. The van der Waals surface area contributed by atoms with E-state index in [4.69, 9.17) is 0 Å². The molecule has 0 radical (unpaired) electrons. The summed E-state index contributed by atoms with van der Waals surface area (Å²) in [4.78, 5) is 5.26. The Hall–Kier alpha value is -2.26. The van der Waals surface area contributed by atoms with E-state index in [0.29, 0.717) is 0 Å². The van der Waals surface area contributed by atoms with Crippen molar-refractivity contribution in [2.75, 3.05) is 0 Å². The molecule has 4 aromatic heterocycles. The number of hydrogen-bond donors (Lipinski definition) is 0. The minimum atomic E-state index is 0.984. The van der Waals surface area contributed by atoms with Gasteiger partial charge in [-0.15, -0.1) is 32.9 Å². The van der Waals surface area contributed by atoms with Crippen molar-refractivity contribution >= 4 is 76.9 Å². The Bertz CT molecular complexity index is 1600. The standard InChI is InChI=1S/C23H18N4S4/c1-5-17-11(3)7-19(29-17)16-9-14-13(23-21(16)25-27-31-23)8-15(20-22(14)30-26-24-20)18-6-10(2)12(4)28-18/h6-9H,5H2,1-4H3. The first-order chi connectivity index (χ1) is 15.0. The molecule has 0 bridgehead atoms. The van der Waals surface area contributed by atoms with Crippen molar-refractivity contribution in [3.63, 3.8) is 0 Å². The number of nitrogens with zero attached hydrogens (tertiary/aromatic N) is 4. The lowest BCUT2D eigenvalue weighted by Crippen LogP contribution is -1.85. The van der Waals surface area contributed by atoms with Gasteiger partial charge in [-0.3, -0.25) is 0 Å². The molecule has 31 heavy (non-hydrogen) atoms. The predicted octanol–water partition coefficient (Wildman–Crippen LogP) is 7.79. The van der Waals surface area contributed by atoms with Gasteiger partial charge in [0.25, 0.3) is 0 Å². The van der Waals surface area contributed by atoms with Gasteiger partial charge in [0.1, 0.15) is 11.0 Å². The van der Waals surface area contributed by atoms with E-state index in [0.717, 1.165) is 38.0 Å². The van der Waals surface area contributed by atoms with Gasteiger partial charge in [-0.25, -0.2) is 0 Å². The maximum Gasteiger partial charge on any atom is 0.115 e. The van der Waals surface area contributed by atoms with E-state index in [-0.39, 0.29) is 0 Å². The first-order valence-electron chi connectivity index (χ1n) is 10.1. The number of fused-ring (bicyclic) bond motifs is 5. The minimum Gasteiger partial charge on any atom is -0.140 e. The summed E-state index contributed by atoms with van der Waals surface area (Å²) in [7, 11) is 0. The minimum absolute atomic E-state index is 0.984. The van der Waals surface area contributed by atoms with E-state index in [9.17, 15) is 0 Å². The maximum atomic E-state index is 4.55. The molecule has 0 N–H and O–H groups in total. The summed E-state index contributed by atoms with van der Waals surface area (Å²) < 4.78 is 11.0. The zero-order valence-electron chi connectivity index (χ0n) is 17.4. The molecule has 0 aliphatic heterocycles. The smallest absolute Gasteiger partial charge is 0.115 e. The van der Waals surface area contributed by atoms with Gasteiger partial charge in [-0.2, -0.15) is 0 Å². The second-order valence-electron chi connectivity index (χ2n) is 7.76. The van der Waals surface area contributed by atoms with Crippen LogP contribution >= 0.6 is 45.7 Å². The van der Waals surface area contributed by atoms with Crippen LogP contribution < -0.4 is 0 Å². The molecule has 0 atom stereocenters. The highest BCUT2D eigenvalue weighted by Crippen LogP contribution is 2.45. The fourth-order valence-electron chi connectivity index (χ4n) is 4.13. The molecule has 0 aliphatic rings. The summed E-state index contributed by atoms with van der Waals surface area (Å²) in [6, 6.07) is 9.10. The van der Waals surface area contributed by atoms with Crippen LogP contribution in [0.1, 0.15) is 27.8 Å². The topological polar surface area (TPSA) is 51.6 Å². The monoisotopic (exact) mass is 478 g/mol. The van der Waals surface area contributed by atoms with Crippen LogP contribution in [0.5, 0.6) is 0 Å². The van der Waals surface area contributed by atoms with Gasteiger partial charge in [0.2, 0.25) is 0 Å². The number of aryl methyl sites for hydroxylation is 4. The highest BCUT2D eigenvalue weighted by molar-refractivity contribution is 7.17. The Balaban J connectivity index is 1.72. The summed E-state index contributed by atoms with van der Waals surface area (Å²) in [5.41, 5.74) is 6.95. The summed E-state index contributed by atoms with van der Waals surface area (Å²) in [5.74, 6) is 0. The highest BCUT2D eigenvalue weighted by atomic mass is 32.1. The van der Waals surface area contributed by atoms with Crippen LogP contribution in [0.4, 0.5) is 0 Å². The Morgan fingerprint density at radius 3 is 1.74 bits per heavy atom. The van der Waals surface area contributed by atoms with Crippen LogP contribution in [0.2, 0.25) is 0 Å². The number of hydrogen-bond acceptors (Lipinski definition) is 8. The van der Waals surface area contributed by atoms with Crippen LogP contribution in [0.3, 0.4) is 0 Å². The van der Waals surface area contributed by atoms with E-state index in [1.807, 2.05) is 22.7 Å². The third kappa shape index (κ3) is 2.89. The lowest BCUT2D eigenvalue weighted by Gasteiger charge is -2.08. The fourth-order valence-corrected chi connectivity index (χ4v) is 7.73. The molecular weight excluding hydrogens is 461 g/mol. The third-order valence-electron chi connectivity index (χ3n) is 5.88. The summed E-state index contributed by atoms with van der Waals surface area (Å²) in [6.45, 7) is 8.74. The van der Waals surface area contributed by atoms with Gasteiger partial charge in [0, 0.05) is 41.4 Å². The maximum absolute atomic E-state index is 4.55. The Morgan fingerprint density at radius 1 is 0.710 bits per heavy atom. The molecule has 0 fully saturated rings. The van der Waals surface area contributed by atoms with Gasteiger partial charge in [0.05, 0.1) is 9.40 Å².